The summed E-state index contributed by atoms with van der Waals surface area (Å²) < 4.78 is 0. The molecular weight excluding hydrogens is 263 g/mol. The summed E-state index contributed by atoms with van der Waals surface area (Å²) in [7, 11) is 0.746. The molecule has 0 aliphatic carbocycles. The average Bonchev–Trinajstić information content (AvgIpc) is 2.40. The van der Waals surface area contributed by atoms with Gasteiger partial charge in [-0.25, -0.2) is 0 Å². The second-order valence-electron chi connectivity index (χ2n) is 3.53. The van der Waals surface area contributed by atoms with E-state index in [1.54, 1.807) is 0 Å². The van der Waals surface area contributed by atoms with Gasteiger partial charge in [-0.15, -0.1) is 23.5 Å². The maximum absolute atomic E-state index is 2.24. The van der Waals surface area contributed by atoms with Crippen LogP contribution in [0.25, 0.3) is 0 Å². The lowest BCUT2D eigenvalue weighted by molar-refractivity contribution is 1.52. The third-order valence-corrected chi connectivity index (χ3v) is 5.85. The van der Waals surface area contributed by atoms with E-state index in [1.807, 2.05) is 23.5 Å². The summed E-state index contributed by atoms with van der Waals surface area (Å²) in [4.78, 5) is 2.78. The summed E-state index contributed by atoms with van der Waals surface area (Å²) in [6.45, 7) is 0. The Labute approximate surface area is 113 Å². The van der Waals surface area contributed by atoms with Gasteiger partial charge in [0, 0.05) is 9.79 Å². The quantitative estimate of drug-likeness (QED) is 0.617. The monoisotopic (exact) mass is 278 g/mol. The zero-order valence-corrected chi connectivity index (χ0v) is 12.6. The maximum Gasteiger partial charge on any atom is 0.0147 e. The van der Waals surface area contributed by atoms with E-state index in [4.69, 9.17) is 0 Å². The lowest BCUT2D eigenvalue weighted by Crippen LogP contribution is -2.07. The van der Waals surface area contributed by atoms with Crippen molar-refractivity contribution in [2.45, 2.75) is 9.79 Å². The molecular formula is C14H15PS2. The van der Waals surface area contributed by atoms with E-state index in [2.05, 4.69) is 61.0 Å². The molecule has 2 rings (SSSR count). The minimum atomic E-state index is 0.746. The number of hydrogen-bond acceptors (Lipinski definition) is 2. The fourth-order valence-corrected chi connectivity index (χ4v) is 4.63. The van der Waals surface area contributed by atoms with Crippen molar-refractivity contribution in [1.29, 1.82) is 0 Å². The van der Waals surface area contributed by atoms with Crippen molar-refractivity contribution in [2.75, 3.05) is 12.5 Å². The topological polar surface area (TPSA) is 0 Å². The molecule has 3 heteroatoms. The highest BCUT2D eigenvalue weighted by Crippen LogP contribution is 2.24. The van der Waals surface area contributed by atoms with Crippen LogP contribution < -0.4 is 10.6 Å². The van der Waals surface area contributed by atoms with Crippen molar-refractivity contribution in [3.8, 4) is 0 Å². The number of thioether (sulfide) groups is 2. The minimum absolute atomic E-state index is 0.746. The molecule has 0 N–H and O–H groups in total. The molecule has 0 unspecified atom stereocenters. The molecule has 0 spiro atoms. The SMILES string of the molecule is CSc1ccccc1Pc1ccccc1SC. The highest BCUT2D eigenvalue weighted by Gasteiger charge is 2.05. The van der Waals surface area contributed by atoms with Crippen LogP contribution in [-0.2, 0) is 0 Å². The Balaban J connectivity index is 2.31. The fourth-order valence-electron chi connectivity index (χ4n) is 1.64. The Bertz CT molecular complexity index is 452. The smallest absolute Gasteiger partial charge is 0.0147 e. The molecule has 0 atom stereocenters. The molecule has 0 radical (unpaired) electrons. The van der Waals surface area contributed by atoms with Gasteiger partial charge in [0.05, 0.1) is 0 Å². The molecule has 0 aliphatic heterocycles. The van der Waals surface area contributed by atoms with Gasteiger partial charge in [-0.3, -0.25) is 0 Å². The van der Waals surface area contributed by atoms with Gasteiger partial charge < -0.3 is 0 Å². The molecule has 0 fully saturated rings. The van der Waals surface area contributed by atoms with Gasteiger partial charge in [0.25, 0.3) is 0 Å². The van der Waals surface area contributed by atoms with Crippen LogP contribution in [0.15, 0.2) is 58.3 Å². The van der Waals surface area contributed by atoms with E-state index in [0.717, 1.165) is 8.58 Å². The number of benzene rings is 2. The van der Waals surface area contributed by atoms with Crippen LogP contribution in [0.2, 0.25) is 0 Å². The summed E-state index contributed by atoms with van der Waals surface area (Å²) >= 11 is 3.66. The van der Waals surface area contributed by atoms with E-state index >= 15 is 0 Å². The van der Waals surface area contributed by atoms with E-state index in [1.165, 1.54) is 20.4 Å². The normalized spacial score (nSPS) is 10.5. The molecule has 2 aromatic carbocycles. The van der Waals surface area contributed by atoms with Crippen LogP contribution in [0.1, 0.15) is 0 Å². The number of hydrogen-bond donors (Lipinski definition) is 0. The predicted molar refractivity (Wildman–Crippen MR) is 84.0 cm³/mol. The van der Waals surface area contributed by atoms with Crippen molar-refractivity contribution in [3.05, 3.63) is 48.5 Å². The van der Waals surface area contributed by atoms with E-state index in [-0.39, 0.29) is 0 Å². The van der Waals surface area contributed by atoms with Crippen LogP contribution in [0.4, 0.5) is 0 Å². The molecule has 17 heavy (non-hydrogen) atoms. The summed E-state index contributed by atoms with van der Waals surface area (Å²) in [5.74, 6) is 0. The van der Waals surface area contributed by atoms with Crippen LogP contribution >= 0.6 is 32.1 Å². The summed E-state index contributed by atoms with van der Waals surface area (Å²) in [6, 6.07) is 17.4. The largest absolute Gasteiger partial charge is 0.129 e. The van der Waals surface area contributed by atoms with Gasteiger partial charge in [-0.05, 0) is 35.3 Å². The third-order valence-electron chi connectivity index (χ3n) is 2.48. The third kappa shape index (κ3) is 3.28. The molecule has 2 aromatic rings. The van der Waals surface area contributed by atoms with Crippen molar-refractivity contribution in [2.24, 2.45) is 0 Å². The van der Waals surface area contributed by atoms with Crippen molar-refractivity contribution in [1.82, 2.24) is 0 Å². The van der Waals surface area contributed by atoms with Gasteiger partial charge in [0.15, 0.2) is 0 Å². The Morgan fingerprint density at radius 2 is 1.12 bits per heavy atom. The lowest BCUT2D eigenvalue weighted by Gasteiger charge is -2.10. The van der Waals surface area contributed by atoms with E-state index < -0.39 is 0 Å². The van der Waals surface area contributed by atoms with Gasteiger partial charge in [-0.1, -0.05) is 45.0 Å². The molecule has 0 aromatic heterocycles. The highest BCUT2D eigenvalue weighted by atomic mass is 32.2. The van der Waals surface area contributed by atoms with Crippen molar-refractivity contribution in [3.63, 3.8) is 0 Å². The first kappa shape index (κ1) is 13.0. The van der Waals surface area contributed by atoms with Crippen LogP contribution in [0.5, 0.6) is 0 Å². The van der Waals surface area contributed by atoms with Gasteiger partial charge >= 0.3 is 0 Å². The second-order valence-corrected chi connectivity index (χ2v) is 6.55. The summed E-state index contributed by atoms with van der Waals surface area (Å²) in [6.07, 6.45) is 4.29. The Morgan fingerprint density at radius 1 is 0.706 bits per heavy atom. The Kier molecular flexibility index (Phi) is 4.97. The van der Waals surface area contributed by atoms with Crippen LogP contribution in [0, 0.1) is 0 Å². The molecule has 0 aliphatic rings. The van der Waals surface area contributed by atoms with E-state index in [0.29, 0.717) is 0 Å². The van der Waals surface area contributed by atoms with Crippen molar-refractivity contribution < 1.29 is 0 Å². The Morgan fingerprint density at radius 3 is 1.53 bits per heavy atom. The second kappa shape index (κ2) is 6.49. The zero-order chi connectivity index (χ0) is 12.1. The molecule has 0 saturated heterocycles. The highest BCUT2D eigenvalue weighted by molar-refractivity contribution is 7.99. The predicted octanol–water partition coefficient (Wildman–Crippen LogP) is 3.76. The first-order valence-electron chi connectivity index (χ1n) is 5.38. The lowest BCUT2D eigenvalue weighted by atomic mass is 10.4. The minimum Gasteiger partial charge on any atom is -0.129 e. The molecule has 0 heterocycles. The molecule has 88 valence electrons. The Hall–Kier alpha value is -0.430. The zero-order valence-electron chi connectivity index (χ0n) is 9.94. The van der Waals surface area contributed by atoms with Crippen LogP contribution in [0.3, 0.4) is 0 Å². The standard InChI is InChI=1S/C14H15PS2/c1-16-13-9-5-3-7-11(13)15-12-8-4-6-10-14(12)17-2/h3-10,15H,1-2H3. The molecule has 0 saturated carbocycles. The maximum atomic E-state index is 2.24. The van der Waals surface area contributed by atoms with Crippen LogP contribution in [-0.4, -0.2) is 12.5 Å². The summed E-state index contributed by atoms with van der Waals surface area (Å²) in [5.41, 5.74) is 0. The average molecular weight is 278 g/mol. The van der Waals surface area contributed by atoms with Gasteiger partial charge in [0.1, 0.15) is 0 Å². The van der Waals surface area contributed by atoms with Gasteiger partial charge in [-0.2, -0.15) is 0 Å². The number of rotatable bonds is 4. The fraction of sp³-hybridized carbons (Fsp3) is 0.143. The van der Waals surface area contributed by atoms with E-state index in [9.17, 15) is 0 Å². The van der Waals surface area contributed by atoms with Crippen molar-refractivity contribution >= 4 is 42.7 Å². The molecule has 0 nitrogen and oxygen atoms in total. The first-order chi connectivity index (χ1) is 8.35. The molecule has 0 bridgehead atoms. The summed E-state index contributed by atoms with van der Waals surface area (Å²) in [5, 5.41) is 2.89. The first-order valence-corrected chi connectivity index (χ1v) is 8.83. The molecule has 0 amide bonds. The van der Waals surface area contributed by atoms with Gasteiger partial charge in [0.2, 0.25) is 0 Å².